The highest BCUT2D eigenvalue weighted by Gasteiger charge is 2.04. The van der Waals surface area contributed by atoms with Crippen LogP contribution in [0.2, 0.25) is 0 Å². The van der Waals surface area contributed by atoms with E-state index in [0.29, 0.717) is 11.7 Å². The van der Waals surface area contributed by atoms with E-state index in [1.54, 1.807) is 42.4 Å². The summed E-state index contributed by atoms with van der Waals surface area (Å²) in [6.07, 6.45) is 4.91. The Morgan fingerprint density at radius 1 is 1.40 bits per heavy atom. The fourth-order valence-corrected chi connectivity index (χ4v) is 1.25. The molecule has 2 heterocycles. The molecule has 0 aliphatic rings. The molecule has 0 aliphatic heterocycles. The van der Waals surface area contributed by atoms with Crippen LogP contribution in [-0.4, -0.2) is 21.6 Å². The van der Waals surface area contributed by atoms with Gasteiger partial charge in [0.15, 0.2) is 0 Å². The normalized spacial score (nSPS) is 9.60. The van der Waals surface area contributed by atoms with E-state index in [4.69, 9.17) is 10.00 Å². The number of aromatic nitrogens is 3. The van der Waals surface area contributed by atoms with Gasteiger partial charge >= 0.3 is 0 Å². The lowest BCUT2D eigenvalue weighted by molar-refractivity contribution is 0.397. The van der Waals surface area contributed by atoms with Crippen LogP contribution in [-0.2, 0) is 0 Å². The van der Waals surface area contributed by atoms with Crippen molar-refractivity contribution in [1.82, 2.24) is 14.5 Å². The summed E-state index contributed by atoms with van der Waals surface area (Å²) < 4.78 is 6.67. The van der Waals surface area contributed by atoms with E-state index in [1.807, 2.05) is 6.07 Å². The fraction of sp³-hybridized carbons (Fsp3) is 0.100. The van der Waals surface area contributed by atoms with Gasteiger partial charge in [0.05, 0.1) is 12.8 Å². The van der Waals surface area contributed by atoms with Crippen molar-refractivity contribution in [2.75, 3.05) is 7.11 Å². The van der Waals surface area contributed by atoms with E-state index < -0.39 is 0 Å². The van der Waals surface area contributed by atoms with Gasteiger partial charge in [-0.05, 0) is 6.07 Å². The van der Waals surface area contributed by atoms with Crippen molar-refractivity contribution in [3.8, 4) is 17.6 Å². The molecule has 0 radical (unpaired) electrons. The van der Waals surface area contributed by atoms with Gasteiger partial charge in [-0.3, -0.25) is 4.57 Å². The first-order valence-electron chi connectivity index (χ1n) is 4.29. The summed E-state index contributed by atoms with van der Waals surface area (Å²) >= 11 is 0. The molecule has 0 saturated heterocycles. The standard InChI is InChI=1S/C10H8N4O/c1-15-10-6-8(2-3-13-10)14-5-4-12-9(14)7-11/h2-6H,1H3. The molecule has 2 aromatic rings. The number of hydrogen-bond acceptors (Lipinski definition) is 4. The summed E-state index contributed by atoms with van der Waals surface area (Å²) in [4.78, 5) is 7.89. The number of nitriles is 1. The Bertz CT molecular complexity index is 512. The highest BCUT2D eigenvalue weighted by Crippen LogP contribution is 2.14. The van der Waals surface area contributed by atoms with E-state index in [1.165, 1.54) is 0 Å². The van der Waals surface area contributed by atoms with E-state index >= 15 is 0 Å². The van der Waals surface area contributed by atoms with Gasteiger partial charge < -0.3 is 4.74 Å². The molecule has 0 bridgehead atoms. The van der Waals surface area contributed by atoms with Crippen molar-refractivity contribution >= 4 is 0 Å². The number of hydrogen-bond donors (Lipinski definition) is 0. The number of rotatable bonds is 2. The SMILES string of the molecule is COc1cc(-n2ccnc2C#N)ccn1. The second kappa shape index (κ2) is 3.80. The van der Waals surface area contributed by atoms with Crippen LogP contribution in [0, 0.1) is 11.3 Å². The minimum Gasteiger partial charge on any atom is -0.481 e. The third-order valence-electron chi connectivity index (χ3n) is 1.95. The molecule has 2 rings (SSSR count). The van der Waals surface area contributed by atoms with Gasteiger partial charge in [-0.1, -0.05) is 0 Å². The number of methoxy groups -OCH3 is 1. The van der Waals surface area contributed by atoms with Crippen molar-refractivity contribution in [3.05, 3.63) is 36.5 Å². The molecule has 5 nitrogen and oxygen atoms in total. The van der Waals surface area contributed by atoms with Gasteiger partial charge in [-0.2, -0.15) is 5.26 Å². The highest BCUT2D eigenvalue weighted by molar-refractivity contribution is 5.37. The van der Waals surface area contributed by atoms with Crippen LogP contribution in [0.15, 0.2) is 30.7 Å². The lowest BCUT2D eigenvalue weighted by Crippen LogP contribution is -1.97. The van der Waals surface area contributed by atoms with Crippen LogP contribution in [0.3, 0.4) is 0 Å². The molecule has 0 aliphatic carbocycles. The minimum atomic E-state index is 0.336. The zero-order chi connectivity index (χ0) is 10.7. The molecule has 2 aromatic heterocycles. The molecule has 0 spiro atoms. The molecule has 15 heavy (non-hydrogen) atoms. The first-order chi connectivity index (χ1) is 7.35. The first kappa shape index (κ1) is 9.21. The molecule has 5 heteroatoms. The van der Waals surface area contributed by atoms with Crippen LogP contribution < -0.4 is 4.74 Å². The first-order valence-corrected chi connectivity index (χ1v) is 4.29. The Balaban J connectivity index is 2.50. The molecule has 0 aromatic carbocycles. The van der Waals surface area contributed by atoms with Crippen LogP contribution in [0.25, 0.3) is 5.69 Å². The quantitative estimate of drug-likeness (QED) is 0.729. The van der Waals surface area contributed by atoms with Crippen LogP contribution in [0.5, 0.6) is 5.88 Å². The monoisotopic (exact) mass is 200 g/mol. The van der Waals surface area contributed by atoms with Crippen molar-refractivity contribution < 1.29 is 4.74 Å². The summed E-state index contributed by atoms with van der Waals surface area (Å²) in [5.74, 6) is 0.841. The minimum absolute atomic E-state index is 0.336. The van der Waals surface area contributed by atoms with Gasteiger partial charge in [-0.15, -0.1) is 0 Å². The Morgan fingerprint density at radius 3 is 3.00 bits per heavy atom. The summed E-state index contributed by atoms with van der Waals surface area (Å²) in [7, 11) is 1.55. The number of ether oxygens (including phenoxy) is 1. The average Bonchev–Trinajstić information content (AvgIpc) is 2.77. The Hall–Kier alpha value is -2.35. The maximum Gasteiger partial charge on any atom is 0.217 e. The topological polar surface area (TPSA) is 63.7 Å². The average molecular weight is 200 g/mol. The highest BCUT2D eigenvalue weighted by atomic mass is 16.5. The van der Waals surface area contributed by atoms with Gasteiger partial charge in [0.1, 0.15) is 6.07 Å². The maximum absolute atomic E-state index is 8.81. The van der Waals surface area contributed by atoms with Gasteiger partial charge in [0, 0.05) is 24.7 Å². The predicted molar refractivity (Wildman–Crippen MR) is 52.6 cm³/mol. The second-order valence-electron chi connectivity index (χ2n) is 2.79. The third-order valence-corrected chi connectivity index (χ3v) is 1.95. The molecule has 0 unspecified atom stereocenters. The lowest BCUT2D eigenvalue weighted by Gasteiger charge is -2.04. The fourth-order valence-electron chi connectivity index (χ4n) is 1.25. The van der Waals surface area contributed by atoms with Crippen molar-refractivity contribution in [2.24, 2.45) is 0 Å². The predicted octanol–water partition coefficient (Wildman–Crippen LogP) is 1.15. The van der Waals surface area contributed by atoms with E-state index in [-0.39, 0.29) is 0 Å². The Morgan fingerprint density at radius 2 is 2.27 bits per heavy atom. The number of nitrogens with zero attached hydrogens (tertiary/aromatic N) is 4. The molecule has 74 valence electrons. The van der Waals surface area contributed by atoms with E-state index in [0.717, 1.165) is 5.69 Å². The molecule has 0 N–H and O–H groups in total. The van der Waals surface area contributed by atoms with Crippen LogP contribution in [0.1, 0.15) is 5.82 Å². The van der Waals surface area contributed by atoms with Crippen LogP contribution >= 0.6 is 0 Å². The van der Waals surface area contributed by atoms with Gasteiger partial charge in [0.25, 0.3) is 0 Å². The second-order valence-corrected chi connectivity index (χ2v) is 2.79. The molecule has 0 fully saturated rings. The van der Waals surface area contributed by atoms with Gasteiger partial charge in [0.2, 0.25) is 11.7 Å². The largest absolute Gasteiger partial charge is 0.481 e. The molecule has 0 amide bonds. The zero-order valence-corrected chi connectivity index (χ0v) is 8.08. The summed E-state index contributed by atoms with van der Waals surface area (Å²) in [5.41, 5.74) is 0.802. The number of imidazole rings is 1. The molecule has 0 saturated carbocycles. The zero-order valence-electron chi connectivity index (χ0n) is 8.08. The van der Waals surface area contributed by atoms with Gasteiger partial charge in [-0.25, -0.2) is 9.97 Å². The third kappa shape index (κ3) is 1.65. The molecule has 0 atom stereocenters. The Kier molecular flexibility index (Phi) is 2.33. The summed E-state index contributed by atoms with van der Waals surface area (Å²) in [6.45, 7) is 0. The van der Waals surface area contributed by atoms with Crippen molar-refractivity contribution in [2.45, 2.75) is 0 Å². The number of pyridine rings is 1. The van der Waals surface area contributed by atoms with E-state index in [2.05, 4.69) is 9.97 Å². The van der Waals surface area contributed by atoms with Crippen molar-refractivity contribution in [1.29, 1.82) is 5.26 Å². The molecular weight excluding hydrogens is 192 g/mol. The summed E-state index contributed by atoms with van der Waals surface area (Å²) in [6, 6.07) is 5.52. The summed E-state index contributed by atoms with van der Waals surface area (Å²) in [5, 5.41) is 8.81. The van der Waals surface area contributed by atoms with E-state index in [9.17, 15) is 0 Å². The van der Waals surface area contributed by atoms with Crippen LogP contribution in [0.4, 0.5) is 0 Å². The maximum atomic E-state index is 8.81. The lowest BCUT2D eigenvalue weighted by atomic mass is 10.4. The molecular formula is C10H8N4O. The Labute approximate surface area is 86.6 Å². The van der Waals surface area contributed by atoms with Crippen molar-refractivity contribution in [3.63, 3.8) is 0 Å². The smallest absolute Gasteiger partial charge is 0.217 e.